The number of benzene rings is 2. The molecule has 11 nitrogen and oxygen atoms in total. The molecule has 0 aliphatic rings. The molecule has 0 radical (unpaired) electrons. The van der Waals surface area contributed by atoms with Crippen LogP contribution in [-0.4, -0.2) is 56.1 Å². The highest BCUT2D eigenvalue weighted by molar-refractivity contribution is 6.38. The number of pyridine rings is 1. The van der Waals surface area contributed by atoms with Crippen LogP contribution in [0, 0.1) is 0 Å². The summed E-state index contributed by atoms with van der Waals surface area (Å²) in [5.74, 6) is 0.600. The summed E-state index contributed by atoms with van der Waals surface area (Å²) < 4.78 is 13.7. The van der Waals surface area contributed by atoms with E-state index in [-0.39, 0.29) is 54.8 Å². The molecule has 0 atom stereocenters. The van der Waals surface area contributed by atoms with E-state index in [1.54, 1.807) is 50.9 Å². The number of hydrogen-bond acceptors (Lipinski definition) is 9. The number of ether oxygens (including phenoxy) is 2. The van der Waals surface area contributed by atoms with Gasteiger partial charge in [-0.2, -0.15) is 4.98 Å². The van der Waals surface area contributed by atoms with Crippen LogP contribution in [0.25, 0.3) is 11.0 Å². The van der Waals surface area contributed by atoms with Crippen LogP contribution in [0.1, 0.15) is 48.8 Å². The second kappa shape index (κ2) is 15.8. The molecular weight excluding hydrogens is 655 g/mol. The summed E-state index contributed by atoms with van der Waals surface area (Å²) in [6, 6.07) is 15.0. The molecular formula is C35H34Cl2N6O5. The number of nitrogens with zero attached hydrogens (tertiary/aromatic N) is 6. The minimum Gasteiger partial charge on any atom is -0.486 e. The fraction of sp³-hybridized carbons (Fsp3) is 0.286. The number of halogens is 2. The Hall–Kier alpha value is -4.87. The Balaban J connectivity index is 1.22. The Morgan fingerprint density at radius 3 is 2.44 bits per heavy atom. The van der Waals surface area contributed by atoms with Crippen LogP contribution < -0.4 is 14.4 Å². The zero-order valence-corrected chi connectivity index (χ0v) is 28.3. The van der Waals surface area contributed by atoms with Crippen molar-refractivity contribution in [2.24, 2.45) is 0 Å². The maximum atomic E-state index is 13.1. The lowest BCUT2D eigenvalue weighted by Crippen LogP contribution is -2.27. The van der Waals surface area contributed by atoms with E-state index >= 15 is 0 Å². The zero-order valence-electron chi connectivity index (χ0n) is 26.8. The minimum atomic E-state index is -0.272. The highest BCUT2D eigenvalue weighted by Gasteiger charge is 2.21. The van der Waals surface area contributed by atoms with E-state index in [4.69, 9.17) is 32.7 Å². The van der Waals surface area contributed by atoms with Crippen LogP contribution in [0.4, 0.5) is 5.69 Å². The van der Waals surface area contributed by atoms with Crippen LogP contribution in [0.15, 0.2) is 67.1 Å². The summed E-state index contributed by atoms with van der Waals surface area (Å²) in [6.07, 6.45) is 5.93. The standard InChI is InChI=1S/C35H34Cl2N6O5/c1-22(44)17-31-39-18-23(19-40-31)10-11-25(45)12-15-32(46)42(2)28-14-13-27(36)26(33(28)37)21-48-30-9-6-8-29-34(30)41-35(47-3)43(29)20-24-7-4-5-16-38-24/h4-9,13-14,16,18-19H,10-12,15,17,20-21H2,1-3H3. The van der Waals surface area contributed by atoms with Gasteiger partial charge in [0.25, 0.3) is 6.01 Å². The molecule has 48 heavy (non-hydrogen) atoms. The molecule has 248 valence electrons. The lowest BCUT2D eigenvalue weighted by atomic mass is 10.1. The molecule has 5 rings (SSSR count). The first-order valence-corrected chi connectivity index (χ1v) is 16.0. The van der Waals surface area contributed by atoms with Gasteiger partial charge >= 0.3 is 0 Å². The number of hydrogen-bond donors (Lipinski definition) is 0. The quantitative estimate of drug-likeness (QED) is 0.125. The van der Waals surface area contributed by atoms with Gasteiger partial charge in [-0.25, -0.2) is 9.97 Å². The van der Waals surface area contributed by atoms with Gasteiger partial charge in [0.2, 0.25) is 5.91 Å². The zero-order chi connectivity index (χ0) is 34.2. The normalized spacial score (nSPS) is 11.0. The first-order chi connectivity index (χ1) is 23.1. The molecule has 0 aliphatic carbocycles. The highest BCUT2D eigenvalue weighted by Crippen LogP contribution is 2.36. The monoisotopic (exact) mass is 688 g/mol. The van der Waals surface area contributed by atoms with Gasteiger partial charge in [0.15, 0.2) is 0 Å². The predicted molar refractivity (Wildman–Crippen MR) is 183 cm³/mol. The number of aryl methyl sites for hydroxylation is 1. The lowest BCUT2D eigenvalue weighted by Gasteiger charge is -2.21. The lowest BCUT2D eigenvalue weighted by molar-refractivity contribution is -0.123. The molecule has 0 unspecified atom stereocenters. The summed E-state index contributed by atoms with van der Waals surface area (Å²) in [5, 5.41) is 0.645. The van der Waals surface area contributed by atoms with Crippen molar-refractivity contribution < 1.29 is 23.9 Å². The largest absolute Gasteiger partial charge is 0.486 e. The third-order valence-corrected chi connectivity index (χ3v) is 8.46. The number of aromatic nitrogens is 5. The molecule has 0 saturated heterocycles. The van der Waals surface area contributed by atoms with E-state index in [0.29, 0.717) is 52.3 Å². The summed E-state index contributed by atoms with van der Waals surface area (Å²) in [7, 11) is 3.16. The molecule has 0 N–H and O–H groups in total. The van der Waals surface area contributed by atoms with Gasteiger partial charge in [0.05, 0.1) is 42.0 Å². The van der Waals surface area contributed by atoms with Crippen molar-refractivity contribution in [2.75, 3.05) is 19.1 Å². The highest BCUT2D eigenvalue weighted by atomic mass is 35.5. The van der Waals surface area contributed by atoms with Gasteiger partial charge < -0.3 is 14.4 Å². The number of carbonyl (C=O) groups is 3. The number of carbonyl (C=O) groups excluding carboxylic acids is 3. The van der Waals surface area contributed by atoms with Gasteiger partial charge in [-0.1, -0.05) is 35.3 Å². The number of imidazole rings is 1. The van der Waals surface area contributed by atoms with Gasteiger partial charge in [-0.3, -0.25) is 23.9 Å². The minimum absolute atomic E-state index is 0.0131. The molecule has 0 bridgehead atoms. The van der Waals surface area contributed by atoms with E-state index in [1.165, 1.54) is 11.8 Å². The Morgan fingerprint density at radius 2 is 1.73 bits per heavy atom. The van der Waals surface area contributed by atoms with Crippen molar-refractivity contribution in [3.05, 3.63) is 99.8 Å². The molecule has 5 aromatic rings. The summed E-state index contributed by atoms with van der Waals surface area (Å²) in [4.78, 5) is 55.7. The topological polar surface area (TPSA) is 129 Å². The van der Waals surface area contributed by atoms with Crippen LogP contribution >= 0.6 is 23.2 Å². The second-order valence-electron chi connectivity index (χ2n) is 11.2. The van der Waals surface area contributed by atoms with Crippen molar-refractivity contribution in [1.82, 2.24) is 24.5 Å². The van der Waals surface area contributed by atoms with Crippen molar-refractivity contribution in [3.63, 3.8) is 0 Å². The fourth-order valence-corrected chi connectivity index (χ4v) is 5.69. The maximum Gasteiger partial charge on any atom is 0.297 e. The number of fused-ring (bicyclic) bond motifs is 1. The Kier molecular flexibility index (Phi) is 11.4. The van der Waals surface area contributed by atoms with Gasteiger partial charge in [0.1, 0.15) is 35.3 Å². The molecule has 1 amide bonds. The Bertz CT molecular complexity index is 1930. The first kappa shape index (κ1) is 34.5. The van der Waals surface area contributed by atoms with Crippen LogP contribution in [0.3, 0.4) is 0 Å². The molecule has 0 aliphatic heterocycles. The third kappa shape index (κ3) is 8.34. The van der Waals surface area contributed by atoms with Gasteiger partial charge in [0, 0.05) is 55.5 Å². The number of rotatable bonds is 15. The fourth-order valence-electron chi connectivity index (χ4n) is 5.09. The van der Waals surface area contributed by atoms with Gasteiger partial charge in [-0.15, -0.1) is 0 Å². The van der Waals surface area contributed by atoms with Gasteiger partial charge in [-0.05, 0) is 55.3 Å². The van der Waals surface area contributed by atoms with Crippen molar-refractivity contribution in [1.29, 1.82) is 0 Å². The van der Waals surface area contributed by atoms with Crippen molar-refractivity contribution in [3.8, 4) is 11.8 Å². The maximum absolute atomic E-state index is 13.1. The first-order valence-electron chi connectivity index (χ1n) is 15.2. The number of Topliss-reactive ketones (excluding diaryl/α,β-unsaturated/α-hetero) is 2. The number of amides is 1. The summed E-state index contributed by atoms with van der Waals surface area (Å²) in [5.41, 5.74) is 3.98. The molecule has 0 fully saturated rings. The number of methoxy groups -OCH3 is 1. The smallest absolute Gasteiger partial charge is 0.297 e. The molecule has 13 heteroatoms. The third-order valence-electron chi connectivity index (χ3n) is 7.68. The molecule has 3 heterocycles. The average Bonchev–Trinajstić information content (AvgIpc) is 3.44. The number of para-hydroxylation sites is 1. The van der Waals surface area contributed by atoms with E-state index in [0.717, 1.165) is 16.8 Å². The van der Waals surface area contributed by atoms with Crippen LogP contribution in [-0.2, 0) is 40.4 Å². The van der Waals surface area contributed by atoms with Crippen LogP contribution in [0.5, 0.6) is 11.8 Å². The summed E-state index contributed by atoms with van der Waals surface area (Å²) >= 11 is 13.3. The SMILES string of the molecule is COc1nc2c(OCc3c(Cl)ccc(N(C)C(=O)CCC(=O)CCc4cnc(CC(C)=O)nc4)c3Cl)cccc2n1Cc1ccccn1. The van der Waals surface area contributed by atoms with Crippen molar-refractivity contribution >= 4 is 57.4 Å². The number of anilines is 1. The second-order valence-corrected chi connectivity index (χ2v) is 11.9. The van der Waals surface area contributed by atoms with E-state index in [2.05, 4.69) is 19.9 Å². The molecule has 0 spiro atoms. The van der Waals surface area contributed by atoms with Crippen LogP contribution in [0.2, 0.25) is 10.0 Å². The summed E-state index contributed by atoms with van der Waals surface area (Å²) in [6.45, 7) is 1.95. The number of ketones is 2. The van der Waals surface area contributed by atoms with E-state index in [1.807, 2.05) is 34.9 Å². The van der Waals surface area contributed by atoms with E-state index in [9.17, 15) is 14.4 Å². The van der Waals surface area contributed by atoms with Crippen molar-refractivity contribution in [2.45, 2.75) is 52.2 Å². The molecule has 3 aromatic heterocycles. The van der Waals surface area contributed by atoms with E-state index < -0.39 is 0 Å². The Labute approximate surface area is 287 Å². The Morgan fingerprint density at radius 1 is 0.938 bits per heavy atom. The molecule has 0 saturated carbocycles. The average molecular weight is 690 g/mol. The molecule has 2 aromatic carbocycles. The predicted octanol–water partition coefficient (Wildman–Crippen LogP) is 6.24.